The predicted molar refractivity (Wildman–Crippen MR) is 157 cm³/mol. The van der Waals surface area contributed by atoms with Gasteiger partial charge in [0.25, 0.3) is 0 Å². The maximum absolute atomic E-state index is 13.0. The van der Waals surface area contributed by atoms with Crippen LogP contribution in [0.4, 0.5) is 0 Å². The van der Waals surface area contributed by atoms with Crippen LogP contribution in [0.25, 0.3) is 0 Å². The number of aliphatic hydroxyl groups is 2. The molecule has 0 radical (unpaired) electrons. The highest BCUT2D eigenvalue weighted by Crippen LogP contribution is 2.75. The van der Waals surface area contributed by atoms with E-state index in [1.54, 1.807) is 0 Å². The highest BCUT2D eigenvalue weighted by molar-refractivity contribution is 5.89. The minimum Gasteiger partial charge on any atom is -0.461 e. The molecule has 3 N–H and O–H groups in total. The van der Waals surface area contributed by atoms with Gasteiger partial charge in [0.1, 0.15) is 0 Å². The van der Waals surface area contributed by atoms with Crippen LogP contribution in [-0.2, 0) is 21.3 Å². The van der Waals surface area contributed by atoms with E-state index in [1.807, 2.05) is 6.92 Å². The van der Waals surface area contributed by atoms with E-state index in [0.29, 0.717) is 31.1 Å². The van der Waals surface area contributed by atoms with Crippen LogP contribution in [0.15, 0.2) is 0 Å². The summed E-state index contributed by atoms with van der Waals surface area (Å²) < 4.78 is 12.3. The van der Waals surface area contributed by atoms with Gasteiger partial charge in [-0.15, -0.1) is 0 Å². The van der Waals surface area contributed by atoms with Crippen molar-refractivity contribution in [3.63, 3.8) is 0 Å². The number of carbonyl (C=O) groups is 1. The summed E-state index contributed by atoms with van der Waals surface area (Å²) in [6.45, 7) is 20.4. The molecule has 1 aromatic rings. The van der Waals surface area contributed by atoms with Gasteiger partial charge in [0.05, 0.1) is 30.0 Å². The first-order valence-corrected chi connectivity index (χ1v) is 16.3. The van der Waals surface area contributed by atoms with Gasteiger partial charge < -0.3 is 19.7 Å². The lowest BCUT2D eigenvalue weighted by molar-refractivity contribution is -0.259. The largest absolute Gasteiger partial charge is 0.461 e. The van der Waals surface area contributed by atoms with Gasteiger partial charge >= 0.3 is 5.97 Å². The molecule has 4 fully saturated rings. The SMILES string of the molecule is CCOC(=O)c1n[nH]c2c1C[C@]1(C)[C@H]3C[C@@H](O)[C@@H]4[C@@H]([C@@]5(C)CCCC(C)(C)O5)CC[C@@]4(C)[C@]3(C)C[C@@H](O)[C@H]1C2(C)C. The number of carbonyl (C=O) groups excluding carboxylic acids is 1. The smallest absolute Gasteiger partial charge is 0.359 e. The van der Waals surface area contributed by atoms with Gasteiger partial charge in [-0.05, 0) is 113 Å². The number of nitrogens with one attached hydrogen (secondary N) is 1. The van der Waals surface area contributed by atoms with Crippen LogP contribution in [0.1, 0.15) is 129 Å². The van der Waals surface area contributed by atoms with Crippen LogP contribution in [0.3, 0.4) is 0 Å². The van der Waals surface area contributed by atoms with Crippen molar-refractivity contribution in [2.24, 2.45) is 39.9 Å². The maximum atomic E-state index is 13.0. The van der Waals surface area contributed by atoms with Gasteiger partial charge in [-0.2, -0.15) is 5.10 Å². The van der Waals surface area contributed by atoms with Crippen LogP contribution in [0.2, 0.25) is 0 Å². The van der Waals surface area contributed by atoms with Crippen LogP contribution in [0.5, 0.6) is 0 Å². The molecule has 6 rings (SSSR count). The molecule has 7 heteroatoms. The number of nitrogens with zero attached hydrogens (tertiary/aromatic N) is 1. The molecule has 0 bridgehead atoms. The van der Waals surface area contributed by atoms with Crippen molar-refractivity contribution in [1.29, 1.82) is 0 Å². The fourth-order valence-electron chi connectivity index (χ4n) is 12.3. The Morgan fingerprint density at radius 2 is 1.73 bits per heavy atom. The number of ether oxygens (including phenoxy) is 2. The fourth-order valence-corrected chi connectivity index (χ4v) is 12.3. The third-order valence-corrected chi connectivity index (χ3v) is 13.7. The van der Waals surface area contributed by atoms with E-state index in [-0.39, 0.29) is 51.2 Å². The van der Waals surface area contributed by atoms with E-state index < -0.39 is 17.6 Å². The van der Waals surface area contributed by atoms with Crippen molar-refractivity contribution in [3.8, 4) is 0 Å². The molecule has 7 nitrogen and oxygen atoms in total. The monoisotopic (exact) mass is 570 g/mol. The zero-order valence-electron chi connectivity index (χ0n) is 26.9. The Morgan fingerprint density at radius 3 is 2.39 bits per heavy atom. The topological polar surface area (TPSA) is 105 Å². The number of aliphatic hydroxyl groups excluding tert-OH is 2. The van der Waals surface area contributed by atoms with Gasteiger partial charge in [-0.1, -0.05) is 34.6 Å². The molecule has 1 aliphatic heterocycles. The highest BCUT2D eigenvalue weighted by atomic mass is 16.5. The van der Waals surface area contributed by atoms with Crippen LogP contribution in [-0.4, -0.2) is 56.4 Å². The molecule has 230 valence electrons. The normalized spacial score (nSPS) is 48.0. The number of H-pyrrole nitrogens is 1. The second-order valence-corrected chi connectivity index (χ2v) is 16.7. The second-order valence-electron chi connectivity index (χ2n) is 16.7. The van der Waals surface area contributed by atoms with Gasteiger partial charge in [0.2, 0.25) is 0 Å². The molecule has 1 saturated heterocycles. The summed E-state index contributed by atoms with van der Waals surface area (Å²) >= 11 is 0. The van der Waals surface area contributed by atoms with Crippen molar-refractivity contribution in [2.75, 3.05) is 6.61 Å². The molecule has 0 spiro atoms. The standard InChI is InChI=1S/C34H54N2O5/c1-10-40-28(39)25-19-17-31(6)23-16-21(37)24-20(34(9)14-11-13-29(2,3)41-34)12-15-32(24,7)33(23,8)18-22(38)26(31)30(4,5)27(19)36-35-25/h20-24,26,37-38H,10-18H2,1-9H3,(H,35,36)/t20-,21+,22+,23+,24-,26-,31+,32+,33+,34+/m0/s1. The minimum absolute atomic E-state index is 0.0272. The van der Waals surface area contributed by atoms with Crippen molar-refractivity contribution in [2.45, 2.75) is 143 Å². The molecule has 0 unspecified atom stereocenters. The maximum Gasteiger partial charge on any atom is 0.359 e. The number of esters is 1. The first-order chi connectivity index (χ1) is 19.0. The quantitative estimate of drug-likeness (QED) is 0.387. The molecule has 0 aromatic carbocycles. The van der Waals surface area contributed by atoms with Gasteiger partial charge in [0.15, 0.2) is 5.69 Å². The van der Waals surface area contributed by atoms with Crippen molar-refractivity contribution >= 4 is 5.97 Å². The van der Waals surface area contributed by atoms with Gasteiger partial charge in [-0.25, -0.2) is 4.79 Å². The van der Waals surface area contributed by atoms with Gasteiger partial charge in [-0.3, -0.25) is 5.10 Å². The molecular weight excluding hydrogens is 516 g/mol. The van der Waals surface area contributed by atoms with E-state index in [1.165, 1.54) is 0 Å². The summed E-state index contributed by atoms with van der Waals surface area (Å²) in [6, 6.07) is 0. The predicted octanol–water partition coefficient (Wildman–Crippen LogP) is 5.96. The summed E-state index contributed by atoms with van der Waals surface area (Å²) in [5, 5.41) is 32.0. The van der Waals surface area contributed by atoms with E-state index in [9.17, 15) is 15.0 Å². The second kappa shape index (κ2) is 9.04. The van der Waals surface area contributed by atoms with Crippen molar-refractivity contribution in [1.82, 2.24) is 10.2 Å². The summed E-state index contributed by atoms with van der Waals surface area (Å²) in [5.74, 6) is 0.195. The number of hydrogen-bond acceptors (Lipinski definition) is 6. The van der Waals surface area contributed by atoms with Crippen molar-refractivity contribution < 1.29 is 24.5 Å². The van der Waals surface area contributed by atoms with E-state index in [4.69, 9.17) is 9.47 Å². The Hall–Kier alpha value is -1.44. The Balaban J connectivity index is 1.42. The number of aromatic amines is 1. The number of aromatic nitrogens is 2. The summed E-state index contributed by atoms with van der Waals surface area (Å²) in [6.07, 6.45) is 6.51. The van der Waals surface area contributed by atoms with E-state index in [2.05, 4.69) is 65.6 Å². The van der Waals surface area contributed by atoms with Crippen molar-refractivity contribution in [3.05, 3.63) is 17.0 Å². The summed E-state index contributed by atoms with van der Waals surface area (Å²) in [5.41, 5.74) is 0.810. The number of hydrogen-bond donors (Lipinski definition) is 3. The average Bonchev–Trinajstić information content (AvgIpc) is 3.43. The van der Waals surface area contributed by atoms with E-state index in [0.717, 1.165) is 49.8 Å². The first kappa shape index (κ1) is 29.6. The molecule has 0 amide bonds. The van der Waals surface area contributed by atoms with Crippen LogP contribution >= 0.6 is 0 Å². The molecule has 1 aromatic heterocycles. The lowest BCUT2D eigenvalue weighted by Gasteiger charge is -2.70. The molecule has 4 aliphatic carbocycles. The lowest BCUT2D eigenvalue weighted by atomic mass is 9.34. The number of rotatable bonds is 3. The van der Waals surface area contributed by atoms with E-state index >= 15 is 0 Å². The molecule has 3 saturated carbocycles. The zero-order chi connectivity index (χ0) is 30.0. The average molecular weight is 571 g/mol. The summed E-state index contributed by atoms with van der Waals surface area (Å²) in [7, 11) is 0. The first-order valence-electron chi connectivity index (χ1n) is 16.3. The molecule has 10 atom stereocenters. The molecule has 2 heterocycles. The zero-order valence-corrected chi connectivity index (χ0v) is 26.9. The Labute approximate surface area is 246 Å². The lowest BCUT2D eigenvalue weighted by Crippen LogP contribution is -2.69. The fraction of sp³-hybridized carbons (Fsp3) is 0.882. The van der Waals surface area contributed by atoms with Crippen LogP contribution in [0, 0.1) is 39.9 Å². The van der Waals surface area contributed by atoms with Gasteiger partial charge in [0, 0.05) is 22.6 Å². The molecular formula is C34H54N2O5. The molecule has 41 heavy (non-hydrogen) atoms. The third-order valence-electron chi connectivity index (χ3n) is 13.7. The Bertz CT molecular complexity index is 1220. The third kappa shape index (κ3) is 3.86. The highest BCUT2D eigenvalue weighted by Gasteiger charge is 2.73. The van der Waals surface area contributed by atoms with Crippen LogP contribution < -0.4 is 0 Å². The Kier molecular flexibility index (Phi) is 6.53. The molecule has 5 aliphatic rings. The minimum atomic E-state index is -0.494. The Morgan fingerprint density at radius 1 is 1.02 bits per heavy atom. The number of fused-ring (bicyclic) bond motifs is 6. The summed E-state index contributed by atoms with van der Waals surface area (Å²) in [4.78, 5) is 13.0.